The van der Waals surface area contributed by atoms with Gasteiger partial charge in [0.15, 0.2) is 0 Å². The van der Waals surface area contributed by atoms with Gasteiger partial charge in [0.05, 0.1) is 11.6 Å². The van der Waals surface area contributed by atoms with Crippen LogP contribution in [0.3, 0.4) is 0 Å². The van der Waals surface area contributed by atoms with E-state index in [9.17, 15) is 5.11 Å². The van der Waals surface area contributed by atoms with Crippen molar-refractivity contribution in [1.29, 1.82) is 0 Å². The molecule has 1 aromatic rings. The molecule has 0 saturated carbocycles. The Bertz CT molecular complexity index is 315. The third-order valence-corrected chi connectivity index (χ3v) is 2.34. The van der Waals surface area contributed by atoms with Crippen molar-refractivity contribution in [2.75, 3.05) is 5.32 Å². The number of rotatable bonds is 3. The fourth-order valence-corrected chi connectivity index (χ4v) is 0.983. The van der Waals surface area contributed by atoms with Crippen LogP contribution in [0.25, 0.3) is 0 Å². The van der Waals surface area contributed by atoms with Gasteiger partial charge in [0.1, 0.15) is 17.3 Å². The number of nitrogens with one attached hydrogen (secondary N) is 1. The molecule has 0 saturated heterocycles. The van der Waals surface area contributed by atoms with Crippen LogP contribution in [0.5, 0.6) is 0 Å². The normalized spacial score (nSPS) is 13.8. The Kier molecular flexibility index (Phi) is 3.29. The summed E-state index contributed by atoms with van der Waals surface area (Å²) in [7, 11) is 0. The van der Waals surface area contributed by atoms with E-state index in [1.54, 1.807) is 13.0 Å². The van der Waals surface area contributed by atoms with Crippen LogP contribution in [-0.4, -0.2) is 26.7 Å². The van der Waals surface area contributed by atoms with Gasteiger partial charge < -0.3 is 10.4 Å². The van der Waals surface area contributed by atoms with Crippen molar-refractivity contribution in [3.8, 4) is 0 Å². The topological polar surface area (TPSA) is 58.0 Å². The number of halogens is 1. The molecule has 0 amide bonds. The number of anilines is 1. The highest BCUT2D eigenvalue weighted by Gasteiger charge is 2.23. The van der Waals surface area contributed by atoms with Gasteiger partial charge in [-0.25, -0.2) is 9.97 Å². The monoisotopic (exact) mass is 215 g/mol. The maximum atomic E-state index is 9.47. The number of hydrogen-bond donors (Lipinski definition) is 2. The molecule has 0 aliphatic carbocycles. The molecule has 1 heterocycles. The average molecular weight is 216 g/mol. The van der Waals surface area contributed by atoms with Gasteiger partial charge in [0.2, 0.25) is 0 Å². The van der Waals surface area contributed by atoms with Crippen LogP contribution in [0.4, 0.5) is 5.82 Å². The van der Waals surface area contributed by atoms with Crippen LogP contribution in [0, 0.1) is 0 Å². The lowest BCUT2D eigenvalue weighted by molar-refractivity contribution is 0.133. The minimum atomic E-state index is -0.490. The van der Waals surface area contributed by atoms with Crippen LogP contribution in [0.1, 0.15) is 20.8 Å². The van der Waals surface area contributed by atoms with Gasteiger partial charge >= 0.3 is 0 Å². The summed E-state index contributed by atoms with van der Waals surface area (Å²) in [5.74, 6) is 0.607. The largest absolute Gasteiger partial charge is 0.391 e. The Balaban J connectivity index is 2.78. The second-order valence-corrected chi connectivity index (χ2v) is 4.14. The Morgan fingerprint density at radius 3 is 2.64 bits per heavy atom. The van der Waals surface area contributed by atoms with Gasteiger partial charge in [0.25, 0.3) is 0 Å². The first kappa shape index (κ1) is 11.2. The summed E-state index contributed by atoms with van der Waals surface area (Å²) in [4.78, 5) is 7.76. The van der Waals surface area contributed by atoms with Gasteiger partial charge in [0, 0.05) is 6.07 Å². The first-order valence-electron chi connectivity index (χ1n) is 4.35. The van der Waals surface area contributed by atoms with Gasteiger partial charge in [-0.1, -0.05) is 11.6 Å². The lowest BCUT2D eigenvalue weighted by Crippen LogP contribution is -2.42. The number of hydrogen-bond acceptors (Lipinski definition) is 4. The highest BCUT2D eigenvalue weighted by Crippen LogP contribution is 2.17. The van der Waals surface area contributed by atoms with Crippen LogP contribution in [0.15, 0.2) is 12.4 Å². The number of nitrogens with zero attached hydrogens (tertiary/aromatic N) is 2. The van der Waals surface area contributed by atoms with E-state index in [1.165, 1.54) is 6.33 Å². The summed E-state index contributed by atoms with van der Waals surface area (Å²) in [6, 6.07) is 1.62. The molecule has 0 aliphatic rings. The second kappa shape index (κ2) is 4.11. The van der Waals surface area contributed by atoms with E-state index in [-0.39, 0.29) is 0 Å². The van der Waals surface area contributed by atoms with E-state index in [4.69, 9.17) is 11.6 Å². The van der Waals surface area contributed by atoms with E-state index < -0.39 is 11.6 Å². The molecule has 4 nitrogen and oxygen atoms in total. The van der Waals surface area contributed by atoms with Crippen molar-refractivity contribution in [3.05, 3.63) is 17.5 Å². The Morgan fingerprint density at radius 2 is 2.14 bits per heavy atom. The van der Waals surface area contributed by atoms with Crippen molar-refractivity contribution < 1.29 is 5.11 Å². The molecule has 0 spiro atoms. The standard InChI is InChI=1S/C9H14ClN3O/c1-6(14)9(2,3)13-8-4-7(10)11-5-12-8/h4-6,14H,1-3H3,(H,11,12,13). The van der Waals surface area contributed by atoms with Gasteiger partial charge in [-0.15, -0.1) is 0 Å². The lowest BCUT2D eigenvalue weighted by atomic mass is 9.99. The van der Waals surface area contributed by atoms with Gasteiger partial charge in [-0.05, 0) is 20.8 Å². The third-order valence-electron chi connectivity index (χ3n) is 2.13. The molecule has 1 aromatic heterocycles. The van der Waals surface area contributed by atoms with Crippen LogP contribution >= 0.6 is 11.6 Å². The van der Waals surface area contributed by atoms with E-state index >= 15 is 0 Å². The highest BCUT2D eigenvalue weighted by molar-refractivity contribution is 6.29. The molecular formula is C9H14ClN3O. The summed E-state index contributed by atoms with van der Waals surface area (Å²) in [6.07, 6.45) is 0.888. The molecule has 1 atom stereocenters. The molecule has 0 aliphatic heterocycles. The molecule has 78 valence electrons. The maximum absolute atomic E-state index is 9.47. The Labute approximate surface area is 88.3 Å². The van der Waals surface area contributed by atoms with Crippen molar-refractivity contribution in [2.45, 2.75) is 32.4 Å². The molecule has 0 bridgehead atoms. The first-order chi connectivity index (χ1) is 6.42. The summed E-state index contributed by atoms with van der Waals surface area (Å²) in [5.41, 5.74) is -0.447. The minimum absolute atomic E-state index is 0.379. The molecule has 14 heavy (non-hydrogen) atoms. The summed E-state index contributed by atoms with van der Waals surface area (Å²) in [6.45, 7) is 5.48. The second-order valence-electron chi connectivity index (χ2n) is 3.75. The van der Waals surface area contributed by atoms with Crippen molar-refractivity contribution in [1.82, 2.24) is 9.97 Å². The Morgan fingerprint density at radius 1 is 1.50 bits per heavy atom. The zero-order valence-electron chi connectivity index (χ0n) is 8.45. The zero-order chi connectivity index (χ0) is 10.8. The number of aliphatic hydroxyl groups is 1. The van der Waals surface area contributed by atoms with E-state index in [0.29, 0.717) is 11.0 Å². The highest BCUT2D eigenvalue weighted by atomic mass is 35.5. The summed E-state index contributed by atoms with van der Waals surface area (Å²) < 4.78 is 0. The molecule has 0 aromatic carbocycles. The van der Waals surface area contributed by atoms with Gasteiger partial charge in [-0.3, -0.25) is 0 Å². The SMILES string of the molecule is CC(O)C(C)(C)Nc1cc(Cl)ncn1. The van der Waals surface area contributed by atoms with Crippen molar-refractivity contribution in [3.63, 3.8) is 0 Å². The third kappa shape index (κ3) is 2.82. The summed E-state index contributed by atoms with van der Waals surface area (Å²) >= 11 is 5.70. The van der Waals surface area contributed by atoms with E-state index in [1.807, 2.05) is 13.8 Å². The quantitative estimate of drug-likeness (QED) is 0.754. The Hall–Kier alpha value is -0.870. The van der Waals surface area contributed by atoms with E-state index in [2.05, 4.69) is 15.3 Å². The minimum Gasteiger partial charge on any atom is -0.391 e. The predicted octanol–water partition coefficient (Wildman–Crippen LogP) is 1.70. The number of aromatic nitrogens is 2. The van der Waals surface area contributed by atoms with Crippen LogP contribution < -0.4 is 5.32 Å². The van der Waals surface area contributed by atoms with Crippen molar-refractivity contribution >= 4 is 17.4 Å². The molecule has 0 radical (unpaired) electrons. The zero-order valence-corrected chi connectivity index (χ0v) is 9.21. The van der Waals surface area contributed by atoms with Crippen molar-refractivity contribution in [2.24, 2.45) is 0 Å². The lowest BCUT2D eigenvalue weighted by Gasteiger charge is -2.29. The van der Waals surface area contributed by atoms with Crippen LogP contribution in [-0.2, 0) is 0 Å². The van der Waals surface area contributed by atoms with Crippen LogP contribution in [0.2, 0.25) is 5.15 Å². The molecule has 1 rings (SSSR count). The first-order valence-corrected chi connectivity index (χ1v) is 4.73. The fraction of sp³-hybridized carbons (Fsp3) is 0.556. The maximum Gasteiger partial charge on any atom is 0.134 e. The summed E-state index contributed by atoms with van der Waals surface area (Å²) in [5, 5.41) is 12.9. The smallest absolute Gasteiger partial charge is 0.134 e. The molecule has 0 fully saturated rings. The molecular weight excluding hydrogens is 202 g/mol. The average Bonchev–Trinajstić information content (AvgIpc) is 2.02. The fourth-order valence-electron chi connectivity index (χ4n) is 0.836. The number of aliphatic hydroxyl groups excluding tert-OH is 1. The predicted molar refractivity (Wildman–Crippen MR) is 56.4 cm³/mol. The molecule has 5 heteroatoms. The molecule has 1 unspecified atom stereocenters. The molecule has 2 N–H and O–H groups in total. The van der Waals surface area contributed by atoms with E-state index in [0.717, 1.165) is 0 Å². The van der Waals surface area contributed by atoms with Gasteiger partial charge in [-0.2, -0.15) is 0 Å².